The molecule has 3 N–H and O–H groups in total. The average molecular weight is 484 g/mol. The van der Waals surface area contributed by atoms with Gasteiger partial charge in [-0.05, 0) is 67.5 Å². The van der Waals surface area contributed by atoms with E-state index < -0.39 is 5.91 Å². The number of H-pyrrole nitrogens is 1. The first-order valence-electron chi connectivity index (χ1n) is 12.5. The number of rotatable bonds is 8. The van der Waals surface area contributed by atoms with Crippen LogP contribution in [0.2, 0.25) is 0 Å². The Bertz CT molecular complexity index is 1430. The van der Waals surface area contributed by atoms with Crippen LogP contribution >= 0.6 is 0 Å². The number of aromatic nitrogens is 3. The molecule has 36 heavy (non-hydrogen) atoms. The fraction of sp³-hybridized carbons (Fsp3) is 0.310. The van der Waals surface area contributed by atoms with E-state index in [1.807, 2.05) is 11.7 Å². The van der Waals surface area contributed by atoms with Gasteiger partial charge >= 0.3 is 0 Å². The molecule has 0 fully saturated rings. The molecule has 7 nitrogen and oxygen atoms in total. The largest absolute Gasteiger partial charge is 0.361 e. The predicted molar refractivity (Wildman–Crippen MR) is 142 cm³/mol. The quantitative estimate of drug-likeness (QED) is 0.191. The Morgan fingerprint density at radius 2 is 2.11 bits per heavy atom. The van der Waals surface area contributed by atoms with Crippen molar-refractivity contribution in [3.63, 3.8) is 0 Å². The molecule has 0 spiro atoms. The van der Waals surface area contributed by atoms with Gasteiger partial charge in [0.2, 0.25) is 0 Å². The molecular weight excluding hydrogens is 450 g/mol. The lowest BCUT2D eigenvalue weighted by Crippen LogP contribution is -2.30. The van der Waals surface area contributed by atoms with Gasteiger partial charge in [0.25, 0.3) is 5.91 Å². The summed E-state index contributed by atoms with van der Waals surface area (Å²) in [5.74, 6) is -0.529. The molecule has 186 valence electrons. The van der Waals surface area contributed by atoms with Crippen molar-refractivity contribution in [2.24, 2.45) is 7.05 Å². The van der Waals surface area contributed by atoms with Crippen molar-refractivity contribution in [3.8, 4) is 0 Å². The van der Waals surface area contributed by atoms with Crippen LogP contribution in [0.25, 0.3) is 17.0 Å². The molecule has 7 heteroatoms. The zero-order valence-electron chi connectivity index (χ0n) is 21.1. The minimum atomic E-state index is -0.529. The van der Waals surface area contributed by atoms with E-state index in [2.05, 4.69) is 77.5 Å². The molecule has 1 atom stereocenters. The number of carbonyl (C=O) groups excluding carboxylic acids is 1. The lowest BCUT2D eigenvalue weighted by Gasteiger charge is -2.30. The van der Waals surface area contributed by atoms with Crippen molar-refractivity contribution in [3.05, 3.63) is 93.9 Å². The van der Waals surface area contributed by atoms with E-state index in [1.54, 1.807) is 11.6 Å². The molecule has 5 rings (SSSR count). The van der Waals surface area contributed by atoms with Crippen LogP contribution in [-0.2, 0) is 31.2 Å². The summed E-state index contributed by atoms with van der Waals surface area (Å²) in [6.07, 6.45) is 8.25. The van der Waals surface area contributed by atoms with Gasteiger partial charge < -0.3 is 4.98 Å². The lowest BCUT2D eigenvalue weighted by atomic mass is 10.0. The highest BCUT2D eigenvalue weighted by Crippen LogP contribution is 2.38. The molecule has 1 amide bonds. The van der Waals surface area contributed by atoms with E-state index >= 15 is 0 Å². The number of fused-ring (bicyclic) bond motifs is 2. The van der Waals surface area contributed by atoms with Gasteiger partial charge in [-0.1, -0.05) is 36.4 Å². The first-order valence-corrected chi connectivity index (χ1v) is 12.5. The Kier molecular flexibility index (Phi) is 6.76. The van der Waals surface area contributed by atoms with Crippen LogP contribution in [-0.4, -0.2) is 37.3 Å². The van der Waals surface area contributed by atoms with Crippen LogP contribution in [0.1, 0.15) is 51.7 Å². The summed E-state index contributed by atoms with van der Waals surface area (Å²) < 4.78 is 1.98. The minimum absolute atomic E-state index is 0.322. The van der Waals surface area contributed by atoms with Crippen LogP contribution < -0.4 is 5.48 Å². The molecule has 0 aliphatic heterocycles. The SMILES string of the molecule is Cc1nn(C)c(C)c1CN(CCc1c[nH]c2ccccc12)C1CCc2cc(/C=C/C(=O)NO)ccc21. The van der Waals surface area contributed by atoms with Crippen molar-refractivity contribution in [1.82, 2.24) is 25.1 Å². The Hall–Kier alpha value is -3.68. The van der Waals surface area contributed by atoms with Gasteiger partial charge in [-0.3, -0.25) is 19.6 Å². The number of nitrogens with one attached hydrogen (secondary N) is 2. The Morgan fingerprint density at radius 1 is 1.28 bits per heavy atom. The van der Waals surface area contributed by atoms with Gasteiger partial charge in [-0.15, -0.1) is 0 Å². The first-order chi connectivity index (χ1) is 17.4. The third kappa shape index (κ3) is 4.72. The number of benzene rings is 2. The predicted octanol–water partition coefficient (Wildman–Crippen LogP) is 4.77. The number of hydroxylamine groups is 1. The molecule has 0 saturated carbocycles. The highest BCUT2D eigenvalue weighted by Gasteiger charge is 2.29. The fourth-order valence-electron chi connectivity index (χ4n) is 5.50. The van der Waals surface area contributed by atoms with Gasteiger partial charge in [-0.2, -0.15) is 5.10 Å². The van der Waals surface area contributed by atoms with Gasteiger partial charge in [0.05, 0.1) is 5.69 Å². The second-order valence-electron chi connectivity index (χ2n) is 9.68. The molecule has 1 unspecified atom stereocenters. The summed E-state index contributed by atoms with van der Waals surface area (Å²) in [6.45, 7) is 6.05. The topological polar surface area (TPSA) is 86.2 Å². The van der Waals surface area contributed by atoms with E-state index in [1.165, 1.54) is 44.9 Å². The van der Waals surface area contributed by atoms with Crippen molar-refractivity contribution in [1.29, 1.82) is 0 Å². The number of para-hydroxylation sites is 1. The highest BCUT2D eigenvalue weighted by atomic mass is 16.5. The maximum Gasteiger partial charge on any atom is 0.267 e. The summed E-state index contributed by atoms with van der Waals surface area (Å²) in [5.41, 5.74) is 11.4. The second-order valence-corrected chi connectivity index (χ2v) is 9.68. The molecule has 0 radical (unpaired) electrons. The number of aromatic amines is 1. The lowest BCUT2D eigenvalue weighted by molar-refractivity contribution is -0.124. The van der Waals surface area contributed by atoms with Crippen LogP contribution in [0, 0.1) is 13.8 Å². The van der Waals surface area contributed by atoms with Gasteiger partial charge in [-0.25, -0.2) is 5.48 Å². The van der Waals surface area contributed by atoms with E-state index in [-0.39, 0.29) is 0 Å². The number of aryl methyl sites for hydroxylation is 3. The summed E-state index contributed by atoms with van der Waals surface area (Å²) >= 11 is 0. The van der Waals surface area contributed by atoms with Gasteiger partial charge in [0.1, 0.15) is 0 Å². The molecule has 2 heterocycles. The third-order valence-electron chi connectivity index (χ3n) is 7.55. The van der Waals surface area contributed by atoms with E-state index in [9.17, 15) is 4.79 Å². The number of carbonyl (C=O) groups is 1. The maximum atomic E-state index is 11.4. The average Bonchev–Trinajstić information content (AvgIpc) is 3.56. The zero-order valence-corrected chi connectivity index (χ0v) is 21.1. The molecule has 4 aromatic rings. The maximum absolute atomic E-state index is 11.4. The third-order valence-corrected chi connectivity index (χ3v) is 7.55. The normalized spacial score (nSPS) is 15.3. The smallest absolute Gasteiger partial charge is 0.267 e. The Labute approximate surface area is 211 Å². The first kappa shape index (κ1) is 24.0. The number of amides is 1. The molecule has 0 saturated heterocycles. The van der Waals surface area contributed by atoms with E-state index in [4.69, 9.17) is 5.21 Å². The Morgan fingerprint density at radius 3 is 2.89 bits per heavy atom. The fourth-order valence-corrected chi connectivity index (χ4v) is 5.50. The zero-order chi connectivity index (χ0) is 25.2. The van der Waals surface area contributed by atoms with Crippen LogP contribution in [0.4, 0.5) is 0 Å². The minimum Gasteiger partial charge on any atom is -0.361 e. The highest BCUT2D eigenvalue weighted by molar-refractivity contribution is 5.90. The molecule has 2 aromatic heterocycles. The number of nitrogens with zero attached hydrogens (tertiary/aromatic N) is 3. The molecule has 0 bridgehead atoms. The molecular formula is C29H33N5O2. The van der Waals surface area contributed by atoms with Crippen LogP contribution in [0.15, 0.2) is 54.7 Å². The van der Waals surface area contributed by atoms with Crippen molar-refractivity contribution < 1.29 is 10.0 Å². The summed E-state index contributed by atoms with van der Waals surface area (Å²) in [6, 6.07) is 15.2. The van der Waals surface area contributed by atoms with Crippen LogP contribution in [0.5, 0.6) is 0 Å². The number of hydrogen-bond acceptors (Lipinski definition) is 4. The van der Waals surface area contributed by atoms with Crippen LogP contribution in [0.3, 0.4) is 0 Å². The summed E-state index contributed by atoms with van der Waals surface area (Å²) in [4.78, 5) is 17.4. The Balaban J connectivity index is 1.43. The molecule has 1 aliphatic rings. The van der Waals surface area contributed by atoms with Crippen molar-refractivity contribution in [2.75, 3.05) is 6.54 Å². The monoisotopic (exact) mass is 483 g/mol. The summed E-state index contributed by atoms with van der Waals surface area (Å²) in [7, 11) is 2.01. The molecule has 1 aliphatic carbocycles. The number of hydrogen-bond donors (Lipinski definition) is 3. The van der Waals surface area contributed by atoms with Gasteiger partial charge in [0.15, 0.2) is 0 Å². The van der Waals surface area contributed by atoms with Crippen molar-refractivity contribution >= 4 is 22.9 Å². The van der Waals surface area contributed by atoms with E-state index in [0.29, 0.717) is 6.04 Å². The van der Waals surface area contributed by atoms with E-state index in [0.717, 1.165) is 43.6 Å². The second kappa shape index (κ2) is 10.1. The van der Waals surface area contributed by atoms with Crippen molar-refractivity contribution in [2.45, 2.75) is 45.7 Å². The standard InChI is InChI=1S/C29H33N5O2/c1-19-26(20(2)33(3)31-19)18-34(15-14-23-17-30-27-7-5-4-6-24(23)27)28-12-10-22-16-21(8-11-25(22)28)9-13-29(35)32-36/h4-9,11,13,16-17,28,30,36H,10,12,14-15,18H2,1-3H3,(H,32,35)/b13-9+. The molecule has 2 aromatic carbocycles. The summed E-state index contributed by atoms with van der Waals surface area (Å²) in [5, 5.41) is 14.7. The van der Waals surface area contributed by atoms with Gasteiger partial charge in [0, 0.05) is 60.6 Å².